The number of carbonyl (C=O) groups is 2. The fourth-order valence-electron chi connectivity index (χ4n) is 2.35. The lowest BCUT2D eigenvalue weighted by atomic mass is 10.2. The van der Waals surface area contributed by atoms with Crippen molar-refractivity contribution in [1.82, 2.24) is 4.90 Å². The molecule has 0 unspecified atom stereocenters. The van der Waals surface area contributed by atoms with Gasteiger partial charge in [-0.1, -0.05) is 12.8 Å². The Bertz CT molecular complexity index is 274. The maximum Gasteiger partial charge on any atom is 0.325 e. The highest BCUT2D eigenvalue weighted by atomic mass is 16.5. The average molecular weight is 257 g/mol. The normalized spacial score (nSPS) is 15.7. The van der Waals surface area contributed by atoms with E-state index in [0.717, 1.165) is 25.7 Å². The standard InChI is InChI=1S/C13H23NO4/c1-17-9-5-8-12(15)14(10-13(16)18-2)11-6-3-4-7-11/h11H,3-10H2,1-2H3. The van der Waals surface area contributed by atoms with Crippen molar-refractivity contribution in [2.75, 3.05) is 27.4 Å². The molecule has 0 saturated heterocycles. The molecule has 1 rings (SSSR count). The van der Waals surface area contributed by atoms with E-state index >= 15 is 0 Å². The Morgan fingerprint density at radius 3 is 2.44 bits per heavy atom. The van der Waals surface area contributed by atoms with E-state index in [0.29, 0.717) is 19.4 Å². The summed E-state index contributed by atoms with van der Waals surface area (Å²) in [6.45, 7) is 0.648. The molecule has 1 aliphatic rings. The van der Waals surface area contributed by atoms with Gasteiger partial charge in [-0.3, -0.25) is 9.59 Å². The number of ether oxygens (including phenoxy) is 2. The number of nitrogens with zero attached hydrogens (tertiary/aromatic N) is 1. The van der Waals surface area contributed by atoms with Gasteiger partial charge < -0.3 is 14.4 Å². The van der Waals surface area contributed by atoms with Crippen LogP contribution in [0, 0.1) is 0 Å². The summed E-state index contributed by atoms with van der Waals surface area (Å²) in [6.07, 6.45) is 5.38. The maximum atomic E-state index is 12.1. The van der Waals surface area contributed by atoms with Crippen molar-refractivity contribution in [3.63, 3.8) is 0 Å². The third-order valence-corrected chi connectivity index (χ3v) is 3.35. The van der Waals surface area contributed by atoms with E-state index in [1.165, 1.54) is 7.11 Å². The molecule has 1 aliphatic carbocycles. The van der Waals surface area contributed by atoms with Crippen molar-refractivity contribution in [3.05, 3.63) is 0 Å². The molecule has 0 heterocycles. The highest BCUT2D eigenvalue weighted by Gasteiger charge is 2.28. The highest BCUT2D eigenvalue weighted by Crippen LogP contribution is 2.24. The van der Waals surface area contributed by atoms with Crippen molar-refractivity contribution in [3.8, 4) is 0 Å². The Kier molecular flexibility index (Phi) is 6.72. The van der Waals surface area contributed by atoms with Gasteiger partial charge in [-0.2, -0.15) is 0 Å². The van der Waals surface area contributed by atoms with E-state index in [9.17, 15) is 9.59 Å². The van der Waals surface area contributed by atoms with Gasteiger partial charge in [0.1, 0.15) is 6.54 Å². The SMILES string of the molecule is COCCCC(=O)N(CC(=O)OC)C1CCCC1. The Labute approximate surface area is 108 Å². The van der Waals surface area contributed by atoms with Crippen LogP contribution in [0.25, 0.3) is 0 Å². The van der Waals surface area contributed by atoms with E-state index in [1.54, 1.807) is 12.0 Å². The molecule has 0 radical (unpaired) electrons. The molecule has 104 valence electrons. The zero-order valence-corrected chi connectivity index (χ0v) is 11.3. The number of hydrogen-bond donors (Lipinski definition) is 0. The predicted octanol–water partition coefficient (Wildman–Crippen LogP) is 1.36. The molecule has 18 heavy (non-hydrogen) atoms. The molecule has 0 N–H and O–H groups in total. The Balaban J connectivity index is 2.52. The van der Waals surface area contributed by atoms with Gasteiger partial charge in [-0.05, 0) is 19.3 Å². The van der Waals surface area contributed by atoms with Gasteiger partial charge in [-0.25, -0.2) is 0 Å². The maximum absolute atomic E-state index is 12.1. The zero-order valence-electron chi connectivity index (χ0n) is 11.3. The van der Waals surface area contributed by atoms with Crippen LogP contribution in [0.5, 0.6) is 0 Å². The highest BCUT2D eigenvalue weighted by molar-refractivity contribution is 5.82. The minimum absolute atomic E-state index is 0.0318. The first kappa shape index (κ1) is 15.0. The van der Waals surface area contributed by atoms with Crippen molar-refractivity contribution in [2.45, 2.75) is 44.6 Å². The summed E-state index contributed by atoms with van der Waals surface area (Å²) < 4.78 is 9.60. The number of amides is 1. The first-order valence-electron chi connectivity index (χ1n) is 6.54. The fraction of sp³-hybridized carbons (Fsp3) is 0.846. The fourth-order valence-corrected chi connectivity index (χ4v) is 2.35. The largest absolute Gasteiger partial charge is 0.468 e. The molecule has 1 saturated carbocycles. The summed E-state index contributed by atoms with van der Waals surface area (Å²) in [5.41, 5.74) is 0. The van der Waals surface area contributed by atoms with Crippen molar-refractivity contribution >= 4 is 11.9 Å². The number of methoxy groups -OCH3 is 2. The molecule has 0 bridgehead atoms. The summed E-state index contributed by atoms with van der Waals surface area (Å²) in [5.74, 6) is -0.314. The van der Waals surface area contributed by atoms with Gasteiger partial charge in [-0.15, -0.1) is 0 Å². The number of rotatable bonds is 7. The Morgan fingerprint density at radius 2 is 1.89 bits per heavy atom. The Hall–Kier alpha value is -1.10. The number of carbonyl (C=O) groups excluding carboxylic acids is 2. The van der Waals surface area contributed by atoms with Crippen LogP contribution in [0.15, 0.2) is 0 Å². The summed E-state index contributed by atoms with van der Waals surface area (Å²) in [7, 11) is 2.97. The van der Waals surface area contributed by atoms with Crippen LogP contribution in [-0.2, 0) is 19.1 Å². The van der Waals surface area contributed by atoms with Crippen molar-refractivity contribution in [1.29, 1.82) is 0 Å². The summed E-state index contributed by atoms with van der Waals surface area (Å²) in [5, 5.41) is 0. The van der Waals surface area contributed by atoms with Crippen LogP contribution in [0.1, 0.15) is 38.5 Å². The molecule has 1 amide bonds. The quantitative estimate of drug-likeness (QED) is 0.510. The number of hydrogen-bond acceptors (Lipinski definition) is 4. The lowest BCUT2D eigenvalue weighted by molar-refractivity contribution is -0.148. The average Bonchev–Trinajstić information content (AvgIpc) is 2.89. The van der Waals surface area contributed by atoms with E-state index in [4.69, 9.17) is 4.74 Å². The second-order valence-corrected chi connectivity index (χ2v) is 4.63. The first-order chi connectivity index (χ1) is 8.69. The zero-order chi connectivity index (χ0) is 13.4. The van der Waals surface area contributed by atoms with Crippen LogP contribution in [0.2, 0.25) is 0 Å². The lowest BCUT2D eigenvalue weighted by Crippen LogP contribution is -2.42. The minimum Gasteiger partial charge on any atom is -0.468 e. The van der Waals surface area contributed by atoms with Crippen LogP contribution >= 0.6 is 0 Å². The van der Waals surface area contributed by atoms with Gasteiger partial charge in [0, 0.05) is 26.2 Å². The van der Waals surface area contributed by atoms with Crippen LogP contribution in [0.3, 0.4) is 0 Å². The predicted molar refractivity (Wildman–Crippen MR) is 67.1 cm³/mol. The number of esters is 1. The monoisotopic (exact) mass is 257 g/mol. The minimum atomic E-state index is -0.345. The van der Waals surface area contributed by atoms with Crippen LogP contribution in [0.4, 0.5) is 0 Å². The molecular weight excluding hydrogens is 234 g/mol. The molecule has 0 aromatic rings. The second kappa shape index (κ2) is 8.08. The van der Waals surface area contributed by atoms with Crippen molar-refractivity contribution in [2.24, 2.45) is 0 Å². The third kappa shape index (κ3) is 4.64. The Morgan fingerprint density at radius 1 is 1.22 bits per heavy atom. The van der Waals surface area contributed by atoms with Gasteiger partial charge in [0.05, 0.1) is 7.11 Å². The second-order valence-electron chi connectivity index (χ2n) is 4.63. The van der Waals surface area contributed by atoms with Crippen molar-refractivity contribution < 1.29 is 19.1 Å². The van der Waals surface area contributed by atoms with E-state index in [-0.39, 0.29) is 24.5 Å². The molecule has 5 heteroatoms. The van der Waals surface area contributed by atoms with Gasteiger partial charge in [0.2, 0.25) is 5.91 Å². The van der Waals surface area contributed by atoms with Gasteiger partial charge >= 0.3 is 5.97 Å². The van der Waals surface area contributed by atoms with Gasteiger partial charge in [0.15, 0.2) is 0 Å². The first-order valence-corrected chi connectivity index (χ1v) is 6.54. The van der Waals surface area contributed by atoms with E-state index < -0.39 is 0 Å². The van der Waals surface area contributed by atoms with Crippen LogP contribution in [-0.4, -0.2) is 50.2 Å². The molecule has 0 aromatic heterocycles. The molecule has 0 atom stereocenters. The lowest BCUT2D eigenvalue weighted by Gasteiger charge is -2.28. The molecule has 1 fully saturated rings. The molecular formula is C13H23NO4. The van der Waals surface area contributed by atoms with E-state index in [2.05, 4.69) is 4.74 Å². The molecule has 0 aromatic carbocycles. The van der Waals surface area contributed by atoms with Gasteiger partial charge in [0.25, 0.3) is 0 Å². The summed E-state index contributed by atoms with van der Waals surface area (Å²) in [6, 6.07) is 0.208. The third-order valence-electron chi connectivity index (χ3n) is 3.35. The molecule has 0 aliphatic heterocycles. The van der Waals surface area contributed by atoms with Crippen LogP contribution < -0.4 is 0 Å². The molecule has 0 spiro atoms. The molecule has 5 nitrogen and oxygen atoms in total. The summed E-state index contributed by atoms with van der Waals surface area (Å²) in [4.78, 5) is 25.2. The topological polar surface area (TPSA) is 55.8 Å². The summed E-state index contributed by atoms with van der Waals surface area (Å²) >= 11 is 0. The smallest absolute Gasteiger partial charge is 0.325 e. The van der Waals surface area contributed by atoms with E-state index in [1.807, 2.05) is 0 Å².